The molecule has 1 aromatic heterocycles. The number of carbonyl (C=O) groups is 1. The molecule has 2 rings (SSSR count). The minimum Gasteiger partial charge on any atom is -0.343 e. The summed E-state index contributed by atoms with van der Waals surface area (Å²) in [5.74, 6) is -0.753. The molecular formula is C15H15FN2O2. The van der Waals surface area contributed by atoms with E-state index in [0.717, 1.165) is 0 Å². The SMILES string of the molecule is C=CCn1c(C(=O)N(C)C)cc2cc(F)ccc2c1=O. The van der Waals surface area contributed by atoms with E-state index in [0.29, 0.717) is 10.8 Å². The van der Waals surface area contributed by atoms with Gasteiger partial charge < -0.3 is 4.90 Å². The van der Waals surface area contributed by atoms with Crippen molar-refractivity contribution in [1.29, 1.82) is 0 Å². The molecule has 1 heterocycles. The number of hydrogen-bond donors (Lipinski definition) is 0. The topological polar surface area (TPSA) is 42.3 Å². The first-order valence-electron chi connectivity index (χ1n) is 6.11. The molecule has 0 aliphatic rings. The number of benzene rings is 1. The van der Waals surface area contributed by atoms with E-state index in [1.807, 2.05) is 0 Å². The van der Waals surface area contributed by atoms with Crippen LogP contribution in [-0.4, -0.2) is 29.5 Å². The van der Waals surface area contributed by atoms with Crippen molar-refractivity contribution in [3.05, 3.63) is 58.8 Å². The summed E-state index contributed by atoms with van der Waals surface area (Å²) >= 11 is 0. The average molecular weight is 274 g/mol. The maximum Gasteiger partial charge on any atom is 0.270 e. The fourth-order valence-corrected chi connectivity index (χ4v) is 2.04. The molecule has 0 bridgehead atoms. The third-order valence-electron chi connectivity index (χ3n) is 3.01. The highest BCUT2D eigenvalue weighted by atomic mass is 19.1. The van der Waals surface area contributed by atoms with E-state index < -0.39 is 5.82 Å². The normalized spacial score (nSPS) is 10.6. The molecule has 0 saturated heterocycles. The quantitative estimate of drug-likeness (QED) is 0.804. The van der Waals surface area contributed by atoms with Gasteiger partial charge in [0, 0.05) is 26.0 Å². The van der Waals surface area contributed by atoms with Gasteiger partial charge in [0.25, 0.3) is 11.5 Å². The zero-order chi connectivity index (χ0) is 14.9. The highest BCUT2D eigenvalue weighted by molar-refractivity contribution is 5.96. The molecule has 1 amide bonds. The third-order valence-corrected chi connectivity index (χ3v) is 3.01. The molecule has 0 radical (unpaired) electrons. The van der Waals surface area contributed by atoms with E-state index in [1.165, 1.54) is 33.7 Å². The van der Waals surface area contributed by atoms with Gasteiger partial charge in [0.15, 0.2) is 0 Å². The molecule has 20 heavy (non-hydrogen) atoms. The molecule has 0 fully saturated rings. The van der Waals surface area contributed by atoms with Crippen LogP contribution < -0.4 is 5.56 Å². The van der Waals surface area contributed by atoms with Crippen LogP contribution in [0.3, 0.4) is 0 Å². The molecule has 0 aliphatic heterocycles. The van der Waals surface area contributed by atoms with Crippen molar-refractivity contribution < 1.29 is 9.18 Å². The maximum absolute atomic E-state index is 13.3. The van der Waals surface area contributed by atoms with Gasteiger partial charge in [-0.05, 0) is 29.7 Å². The zero-order valence-corrected chi connectivity index (χ0v) is 11.4. The summed E-state index contributed by atoms with van der Waals surface area (Å²) in [5, 5.41) is 0.795. The third kappa shape index (κ3) is 2.34. The summed E-state index contributed by atoms with van der Waals surface area (Å²) in [6.07, 6.45) is 1.54. The Morgan fingerprint density at radius 3 is 2.70 bits per heavy atom. The van der Waals surface area contributed by atoms with E-state index in [4.69, 9.17) is 0 Å². The summed E-state index contributed by atoms with van der Waals surface area (Å²) in [6, 6.07) is 5.44. The van der Waals surface area contributed by atoms with Crippen molar-refractivity contribution in [1.82, 2.24) is 9.47 Å². The summed E-state index contributed by atoms with van der Waals surface area (Å²) in [4.78, 5) is 25.9. The average Bonchev–Trinajstić information content (AvgIpc) is 2.40. The van der Waals surface area contributed by atoms with E-state index in [-0.39, 0.29) is 23.7 Å². The smallest absolute Gasteiger partial charge is 0.270 e. The molecule has 0 N–H and O–H groups in total. The molecular weight excluding hydrogens is 259 g/mol. The number of pyridine rings is 1. The first-order valence-corrected chi connectivity index (χ1v) is 6.11. The Morgan fingerprint density at radius 1 is 1.40 bits per heavy atom. The first kappa shape index (κ1) is 14.0. The first-order chi connectivity index (χ1) is 9.45. The van der Waals surface area contributed by atoms with Crippen molar-refractivity contribution in [2.45, 2.75) is 6.54 Å². The molecule has 0 aliphatic carbocycles. The number of halogens is 1. The summed E-state index contributed by atoms with van der Waals surface area (Å²) < 4.78 is 14.6. The van der Waals surface area contributed by atoms with Crippen LogP contribution >= 0.6 is 0 Å². The van der Waals surface area contributed by atoms with Crippen LogP contribution in [0.4, 0.5) is 4.39 Å². The lowest BCUT2D eigenvalue weighted by Crippen LogP contribution is -2.31. The lowest BCUT2D eigenvalue weighted by atomic mass is 10.1. The number of aromatic nitrogens is 1. The second kappa shape index (κ2) is 5.28. The molecule has 1 aromatic carbocycles. The number of amides is 1. The van der Waals surface area contributed by atoms with Crippen LogP contribution in [0.5, 0.6) is 0 Å². The van der Waals surface area contributed by atoms with Crippen molar-refractivity contribution in [2.75, 3.05) is 14.1 Å². The van der Waals surface area contributed by atoms with Gasteiger partial charge in [-0.25, -0.2) is 4.39 Å². The number of carbonyl (C=O) groups excluding carboxylic acids is 1. The molecule has 0 spiro atoms. The van der Waals surface area contributed by atoms with Crippen LogP contribution in [-0.2, 0) is 6.54 Å². The summed E-state index contributed by atoms with van der Waals surface area (Å²) in [6.45, 7) is 3.82. The van der Waals surface area contributed by atoms with Gasteiger partial charge in [0.2, 0.25) is 0 Å². The predicted molar refractivity (Wildman–Crippen MR) is 76.4 cm³/mol. The maximum atomic E-state index is 13.3. The minimum atomic E-state index is -0.443. The van der Waals surface area contributed by atoms with Crippen LogP contribution in [0.1, 0.15) is 10.5 Å². The van der Waals surface area contributed by atoms with Crippen molar-refractivity contribution >= 4 is 16.7 Å². The molecule has 104 valence electrons. The van der Waals surface area contributed by atoms with E-state index in [1.54, 1.807) is 20.2 Å². The number of nitrogens with zero attached hydrogens (tertiary/aromatic N) is 2. The lowest BCUT2D eigenvalue weighted by Gasteiger charge is -2.16. The highest BCUT2D eigenvalue weighted by Gasteiger charge is 2.16. The molecule has 2 aromatic rings. The second-order valence-corrected chi connectivity index (χ2v) is 4.67. The van der Waals surface area contributed by atoms with Crippen LogP contribution in [0.25, 0.3) is 10.8 Å². The van der Waals surface area contributed by atoms with Gasteiger partial charge in [0.1, 0.15) is 11.5 Å². The fraction of sp³-hybridized carbons (Fsp3) is 0.200. The Kier molecular flexibility index (Phi) is 3.70. The number of allylic oxidation sites excluding steroid dienone is 1. The Bertz CT molecular complexity index is 747. The molecule has 5 heteroatoms. The Balaban J connectivity index is 2.83. The molecule has 4 nitrogen and oxygen atoms in total. The lowest BCUT2D eigenvalue weighted by molar-refractivity contribution is 0.0816. The van der Waals surface area contributed by atoms with Gasteiger partial charge in [-0.1, -0.05) is 6.08 Å². The Morgan fingerprint density at radius 2 is 2.10 bits per heavy atom. The number of hydrogen-bond acceptors (Lipinski definition) is 2. The van der Waals surface area contributed by atoms with Gasteiger partial charge in [0.05, 0.1) is 0 Å². The van der Waals surface area contributed by atoms with Gasteiger partial charge in [-0.15, -0.1) is 6.58 Å². The van der Waals surface area contributed by atoms with Crippen LogP contribution in [0.2, 0.25) is 0 Å². The largest absolute Gasteiger partial charge is 0.343 e. The zero-order valence-electron chi connectivity index (χ0n) is 11.4. The Hall–Kier alpha value is -2.43. The molecule has 0 atom stereocenters. The van der Waals surface area contributed by atoms with Crippen molar-refractivity contribution in [3.8, 4) is 0 Å². The van der Waals surface area contributed by atoms with E-state index in [9.17, 15) is 14.0 Å². The van der Waals surface area contributed by atoms with E-state index in [2.05, 4.69) is 6.58 Å². The predicted octanol–water partition coefficient (Wildman–Crippen LogP) is 2.03. The summed E-state index contributed by atoms with van der Waals surface area (Å²) in [5.41, 5.74) is -0.106. The Labute approximate surface area is 115 Å². The van der Waals surface area contributed by atoms with Crippen molar-refractivity contribution in [3.63, 3.8) is 0 Å². The van der Waals surface area contributed by atoms with E-state index >= 15 is 0 Å². The molecule has 0 unspecified atom stereocenters. The van der Waals surface area contributed by atoms with Gasteiger partial charge >= 0.3 is 0 Å². The fourth-order valence-electron chi connectivity index (χ4n) is 2.04. The monoisotopic (exact) mass is 274 g/mol. The van der Waals surface area contributed by atoms with Gasteiger partial charge in [-0.3, -0.25) is 14.2 Å². The summed E-state index contributed by atoms with van der Waals surface area (Å²) in [7, 11) is 3.20. The highest BCUT2D eigenvalue weighted by Crippen LogP contribution is 2.15. The number of rotatable bonds is 3. The standard InChI is InChI=1S/C15H15FN2O2/c1-4-7-18-13(15(20)17(2)3)9-10-8-11(16)5-6-12(10)14(18)19/h4-6,8-9H,1,7H2,2-3H3. The molecule has 0 saturated carbocycles. The van der Waals surface area contributed by atoms with Gasteiger partial charge in [-0.2, -0.15) is 0 Å². The van der Waals surface area contributed by atoms with Crippen LogP contribution in [0, 0.1) is 5.82 Å². The second-order valence-electron chi connectivity index (χ2n) is 4.67. The minimum absolute atomic E-state index is 0.220. The van der Waals surface area contributed by atoms with Crippen molar-refractivity contribution in [2.24, 2.45) is 0 Å². The number of fused-ring (bicyclic) bond motifs is 1. The van der Waals surface area contributed by atoms with Crippen LogP contribution in [0.15, 0.2) is 41.7 Å².